The molecule has 0 bridgehead atoms. The van der Waals surface area contributed by atoms with Crippen molar-refractivity contribution in [3.05, 3.63) is 28.0 Å². The zero-order valence-electron chi connectivity index (χ0n) is 15.0. The molecule has 0 unspecified atom stereocenters. The number of hydrogen-bond acceptors (Lipinski definition) is 8. The molecule has 2 aliphatic rings. The molecule has 5 rings (SSSR count). The van der Waals surface area contributed by atoms with E-state index in [2.05, 4.69) is 43.3 Å². The van der Waals surface area contributed by atoms with Crippen LogP contribution in [0.2, 0.25) is 0 Å². The second-order valence-electron chi connectivity index (χ2n) is 7.34. The topological polar surface area (TPSA) is 75.3 Å². The van der Waals surface area contributed by atoms with Crippen molar-refractivity contribution in [2.45, 2.75) is 44.7 Å². The van der Waals surface area contributed by atoms with Gasteiger partial charge in [0.1, 0.15) is 15.8 Å². The van der Waals surface area contributed by atoms with Crippen LogP contribution in [-0.4, -0.2) is 61.1 Å². The molecule has 136 valence electrons. The monoisotopic (exact) mass is 370 g/mol. The predicted molar refractivity (Wildman–Crippen MR) is 99.5 cm³/mol. The third-order valence-electron chi connectivity index (χ3n) is 5.51. The number of fused-ring (bicyclic) bond motifs is 1. The van der Waals surface area contributed by atoms with E-state index in [9.17, 15) is 0 Å². The van der Waals surface area contributed by atoms with Crippen LogP contribution in [0.25, 0.3) is 5.65 Å². The number of rotatable bonds is 5. The van der Waals surface area contributed by atoms with Gasteiger partial charge in [-0.05, 0) is 38.9 Å². The van der Waals surface area contributed by atoms with Gasteiger partial charge < -0.3 is 4.90 Å². The van der Waals surface area contributed by atoms with Gasteiger partial charge in [0.2, 0.25) is 0 Å². The lowest BCUT2D eigenvalue weighted by Gasteiger charge is -2.44. The zero-order valence-corrected chi connectivity index (χ0v) is 15.9. The Morgan fingerprint density at radius 1 is 1.15 bits per heavy atom. The highest BCUT2D eigenvalue weighted by Gasteiger charge is 2.32. The summed E-state index contributed by atoms with van der Waals surface area (Å²) in [6.07, 6.45) is 3.69. The maximum absolute atomic E-state index is 4.82. The van der Waals surface area contributed by atoms with Crippen molar-refractivity contribution in [2.24, 2.45) is 0 Å². The first-order valence-corrected chi connectivity index (χ1v) is 9.95. The summed E-state index contributed by atoms with van der Waals surface area (Å²) < 4.78 is 1.94. The second-order valence-corrected chi connectivity index (χ2v) is 8.60. The summed E-state index contributed by atoms with van der Waals surface area (Å²) in [6.45, 7) is 4.81. The highest BCUT2D eigenvalue weighted by atomic mass is 32.1. The van der Waals surface area contributed by atoms with Crippen molar-refractivity contribution in [3.63, 3.8) is 0 Å². The second kappa shape index (κ2) is 6.24. The molecule has 26 heavy (non-hydrogen) atoms. The van der Waals surface area contributed by atoms with Gasteiger partial charge in [-0.25, -0.2) is 0 Å². The third-order valence-corrected chi connectivity index (χ3v) is 6.33. The van der Waals surface area contributed by atoms with Crippen molar-refractivity contribution in [2.75, 3.05) is 25.0 Å². The summed E-state index contributed by atoms with van der Waals surface area (Å²) in [5, 5.41) is 23.9. The maximum atomic E-state index is 4.82. The largest absolute Gasteiger partial charge is 0.352 e. The van der Waals surface area contributed by atoms with Gasteiger partial charge in [0.15, 0.2) is 11.5 Å². The van der Waals surface area contributed by atoms with Crippen LogP contribution < -0.4 is 4.90 Å². The van der Waals surface area contributed by atoms with E-state index in [1.165, 1.54) is 19.3 Å². The average Bonchev–Trinajstić information content (AvgIpc) is 3.11. The molecular weight excluding hydrogens is 348 g/mol. The highest BCUT2D eigenvalue weighted by Crippen LogP contribution is 2.35. The fourth-order valence-corrected chi connectivity index (χ4v) is 4.32. The molecule has 2 fully saturated rings. The van der Waals surface area contributed by atoms with E-state index in [-0.39, 0.29) is 0 Å². The van der Waals surface area contributed by atoms with Crippen LogP contribution in [0.5, 0.6) is 0 Å². The first-order valence-electron chi connectivity index (χ1n) is 9.14. The Hall–Kier alpha value is -2.13. The molecule has 3 aromatic rings. The first-order chi connectivity index (χ1) is 12.7. The highest BCUT2D eigenvalue weighted by molar-refractivity contribution is 7.11. The number of nitrogens with zero attached hydrogens (tertiary/aromatic N) is 8. The fourth-order valence-electron chi connectivity index (χ4n) is 3.55. The quantitative estimate of drug-likeness (QED) is 0.679. The number of anilines is 1. The Morgan fingerprint density at radius 2 is 2.00 bits per heavy atom. The van der Waals surface area contributed by atoms with E-state index in [0.717, 1.165) is 46.9 Å². The average molecular weight is 370 g/mol. The lowest BCUT2D eigenvalue weighted by Crippen LogP contribution is -2.58. The van der Waals surface area contributed by atoms with Crippen molar-refractivity contribution in [1.82, 2.24) is 34.9 Å². The molecule has 1 aliphatic carbocycles. The summed E-state index contributed by atoms with van der Waals surface area (Å²) in [6, 6.07) is 4.60. The third kappa shape index (κ3) is 2.75. The number of hydrogen-bond donors (Lipinski definition) is 0. The Kier molecular flexibility index (Phi) is 3.86. The molecule has 0 radical (unpaired) electrons. The van der Waals surface area contributed by atoms with Crippen molar-refractivity contribution in [1.29, 1.82) is 0 Å². The van der Waals surface area contributed by atoms with Crippen molar-refractivity contribution in [3.8, 4) is 0 Å². The molecule has 0 aromatic carbocycles. The van der Waals surface area contributed by atoms with Crippen LogP contribution in [0, 0.1) is 6.92 Å². The van der Waals surface area contributed by atoms with E-state index >= 15 is 0 Å². The standard InChI is InChI=1S/C17H22N8S/c1-11-18-20-16(26-11)10-23(2)13-8-24(9-13)15-7-6-14-19-21-17(25(14)22-15)12-4-3-5-12/h6-7,12-13H,3-5,8-10H2,1-2H3. The van der Waals surface area contributed by atoms with Crippen LogP contribution in [0.3, 0.4) is 0 Å². The van der Waals surface area contributed by atoms with E-state index in [1.54, 1.807) is 11.3 Å². The van der Waals surface area contributed by atoms with Crippen LogP contribution in [0.1, 0.15) is 41.0 Å². The molecule has 3 aromatic heterocycles. The Bertz CT molecular complexity index is 924. The van der Waals surface area contributed by atoms with Crippen LogP contribution >= 0.6 is 11.3 Å². The lowest BCUT2D eigenvalue weighted by molar-refractivity contribution is 0.196. The molecule has 4 heterocycles. The molecule has 0 atom stereocenters. The van der Waals surface area contributed by atoms with E-state index in [4.69, 9.17) is 5.10 Å². The van der Waals surface area contributed by atoms with Gasteiger partial charge in [0, 0.05) is 25.0 Å². The fraction of sp³-hybridized carbons (Fsp3) is 0.588. The van der Waals surface area contributed by atoms with Crippen molar-refractivity contribution >= 4 is 22.8 Å². The van der Waals surface area contributed by atoms with Gasteiger partial charge in [0.25, 0.3) is 0 Å². The lowest BCUT2D eigenvalue weighted by atomic mass is 9.85. The Labute approximate surface area is 155 Å². The summed E-state index contributed by atoms with van der Waals surface area (Å²) >= 11 is 1.67. The van der Waals surface area contributed by atoms with Gasteiger partial charge in [0.05, 0.1) is 6.54 Å². The van der Waals surface area contributed by atoms with Crippen LogP contribution in [0.15, 0.2) is 12.1 Å². The molecule has 0 amide bonds. The summed E-state index contributed by atoms with van der Waals surface area (Å²) in [5.74, 6) is 2.56. The van der Waals surface area contributed by atoms with Crippen LogP contribution in [-0.2, 0) is 6.54 Å². The van der Waals surface area contributed by atoms with Gasteiger partial charge in [-0.3, -0.25) is 4.90 Å². The van der Waals surface area contributed by atoms with Crippen molar-refractivity contribution < 1.29 is 0 Å². The molecule has 1 aliphatic heterocycles. The molecule has 9 heteroatoms. The smallest absolute Gasteiger partial charge is 0.178 e. The maximum Gasteiger partial charge on any atom is 0.178 e. The number of aromatic nitrogens is 6. The molecule has 0 N–H and O–H groups in total. The van der Waals surface area contributed by atoms with E-state index in [1.807, 2.05) is 17.5 Å². The molecular formula is C17H22N8S. The minimum atomic E-state index is 0.517. The minimum absolute atomic E-state index is 0.517. The zero-order chi connectivity index (χ0) is 17.7. The van der Waals surface area contributed by atoms with E-state index in [0.29, 0.717) is 12.0 Å². The summed E-state index contributed by atoms with van der Waals surface area (Å²) in [4.78, 5) is 4.67. The Balaban J connectivity index is 1.26. The van der Waals surface area contributed by atoms with Gasteiger partial charge in [-0.1, -0.05) is 6.42 Å². The summed E-state index contributed by atoms with van der Waals surface area (Å²) in [7, 11) is 2.16. The molecule has 0 spiro atoms. The van der Waals surface area contributed by atoms with Gasteiger partial charge >= 0.3 is 0 Å². The van der Waals surface area contributed by atoms with Gasteiger partial charge in [-0.15, -0.1) is 36.8 Å². The minimum Gasteiger partial charge on any atom is -0.352 e. The summed E-state index contributed by atoms with van der Waals surface area (Å²) in [5.41, 5.74) is 0.844. The normalized spacial score (nSPS) is 18.5. The Morgan fingerprint density at radius 3 is 2.69 bits per heavy atom. The number of likely N-dealkylation sites (N-methyl/N-ethyl adjacent to an activating group) is 1. The number of aryl methyl sites for hydroxylation is 1. The molecule has 1 saturated carbocycles. The molecule has 8 nitrogen and oxygen atoms in total. The molecule has 1 saturated heterocycles. The van der Waals surface area contributed by atoms with E-state index < -0.39 is 0 Å². The van der Waals surface area contributed by atoms with Crippen LogP contribution in [0.4, 0.5) is 5.82 Å². The first kappa shape index (κ1) is 16.1. The van der Waals surface area contributed by atoms with Gasteiger partial charge in [-0.2, -0.15) is 4.52 Å². The predicted octanol–water partition coefficient (Wildman–Crippen LogP) is 1.87. The SMILES string of the molecule is Cc1nnc(CN(C)C2CN(c3ccc4nnc(C5CCC5)n4n3)C2)s1.